The zero-order valence-corrected chi connectivity index (χ0v) is 18.1. The van der Waals surface area contributed by atoms with Crippen LogP contribution in [0.3, 0.4) is 0 Å². The Morgan fingerprint density at radius 3 is 2.75 bits per heavy atom. The number of benzene rings is 1. The number of aromatic nitrogens is 2. The minimum Gasteiger partial charge on any atom is -0.383 e. The third kappa shape index (κ3) is 2.17. The standard InChI is InChI=1S/C23H25N5O4/c1-5-21(2,3)22-11-18(29)20(31)27-17(10-14-12-24-13-25-14)19(30)26-23(22,27)28(32-4)16-9-7-6-8-15(16)22/h5-10,12-13,18,29H,1,11H2,2-4H3,(H,24,25)(H,26,30)/t18?,22-,23-/m1/s1. The Bertz CT molecular complexity index is 1160. The van der Waals surface area contributed by atoms with Gasteiger partial charge in [-0.05, 0) is 29.5 Å². The molecule has 166 valence electrons. The molecule has 0 bridgehead atoms. The second-order valence-corrected chi connectivity index (χ2v) is 8.88. The summed E-state index contributed by atoms with van der Waals surface area (Å²) in [5, 5.41) is 15.7. The number of amides is 2. The molecule has 2 aromatic rings. The maximum atomic E-state index is 13.5. The highest BCUT2D eigenvalue weighted by Gasteiger charge is 2.78. The van der Waals surface area contributed by atoms with Crippen LogP contribution in [0.25, 0.3) is 6.08 Å². The molecule has 3 aliphatic rings. The van der Waals surface area contributed by atoms with Crippen LogP contribution in [0.1, 0.15) is 31.5 Å². The smallest absolute Gasteiger partial charge is 0.271 e. The van der Waals surface area contributed by atoms with E-state index in [9.17, 15) is 14.7 Å². The lowest BCUT2D eigenvalue weighted by atomic mass is 9.55. The van der Waals surface area contributed by atoms with Gasteiger partial charge >= 0.3 is 0 Å². The van der Waals surface area contributed by atoms with Crippen LogP contribution < -0.4 is 10.4 Å². The fourth-order valence-corrected chi connectivity index (χ4v) is 5.68. The van der Waals surface area contributed by atoms with Crippen molar-refractivity contribution >= 4 is 23.6 Å². The molecule has 1 aromatic heterocycles. The highest BCUT2D eigenvalue weighted by molar-refractivity contribution is 6.07. The molecule has 3 atom stereocenters. The zero-order valence-electron chi connectivity index (χ0n) is 18.1. The highest BCUT2D eigenvalue weighted by Crippen LogP contribution is 2.66. The zero-order chi connectivity index (χ0) is 22.9. The van der Waals surface area contributed by atoms with Crippen LogP contribution >= 0.6 is 0 Å². The van der Waals surface area contributed by atoms with Crippen LogP contribution in [0, 0.1) is 5.41 Å². The number of aliphatic hydroxyl groups excluding tert-OH is 1. The van der Waals surface area contributed by atoms with Crippen molar-refractivity contribution in [3.05, 3.63) is 66.4 Å². The quantitative estimate of drug-likeness (QED) is 0.498. The second kappa shape index (κ2) is 6.54. The van der Waals surface area contributed by atoms with Gasteiger partial charge in [-0.25, -0.2) is 10.0 Å². The fourth-order valence-electron chi connectivity index (χ4n) is 5.68. The van der Waals surface area contributed by atoms with Crippen molar-refractivity contribution < 1.29 is 19.5 Å². The van der Waals surface area contributed by atoms with Crippen molar-refractivity contribution in [2.45, 2.75) is 37.6 Å². The SMILES string of the molecule is C=CC(C)(C)[C@]12CC(O)C(=O)N3C(=Cc4cnc[nH]4)C(=O)N[C@@]31N(OC)c1ccccc12. The number of carbonyl (C=O) groups excluding carboxylic acids is 2. The summed E-state index contributed by atoms with van der Waals surface area (Å²) in [6.45, 7) is 8.03. The number of aliphatic hydroxyl groups is 1. The van der Waals surface area contributed by atoms with E-state index in [-0.39, 0.29) is 12.1 Å². The van der Waals surface area contributed by atoms with Crippen LogP contribution in [0.5, 0.6) is 0 Å². The van der Waals surface area contributed by atoms with Gasteiger partial charge in [0.2, 0.25) is 5.79 Å². The third-order valence-electron chi connectivity index (χ3n) is 7.17. The number of nitrogens with zero attached hydrogens (tertiary/aromatic N) is 3. The summed E-state index contributed by atoms with van der Waals surface area (Å²) in [6, 6.07) is 7.60. The van der Waals surface area contributed by atoms with Gasteiger partial charge in [0.25, 0.3) is 11.8 Å². The average molecular weight is 435 g/mol. The number of hydroxylamine groups is 1. The maximum absolute atomic E-state index is 13.5. The van der Waals surface area contributed by atoms with Crippen LogP contribution in [-0.4, -0.2) is 50.8 Å². The Hall–Kier alpha value is -3.43. The fraction of sp³-hybridized carbons (Fsp3) is 0.348. The number of hydrogen-bond donors (Lipinski definition) is 3. The number of rotatable bonds is 4. The Balaban J connectivity index is 1.88. The Morgan fingerprint density at radius 1 is 1.34 bits per heavy atom. The third-order valence-corrected chi connectivity index (χ3v) is 7.17. The van der Waals surface area contributed by atoms with Crippen molar-refractivity contribution in [3.63, 3.8) is 0 Å². The number of allylic oxidation sites excluding steroid dienone is 1. The van der Waals surface area contributed by atoms with E-state index in [1.165, 1.54) is 18.3 Å². The maximum Gasteiger partial charge on any atom is 0.271 e. The van der Waals surface area contributed by atoms with Gasteiger partial charge < -0.3 is 15.4 Å². The lowest BCUT2D eigenvalue weighted by Gasteiger charge is -2.59. The normalized spacial score (nSPS) is 30.2. The number of nitrogens with one attached hydrogen (secondary N) is 2. The first-order valence-corrected chi connectivity index (χ1v) is 10.4. The Morgan fingerprint density at radius 2 is 2.09 bits per heavy atom. The van der Waals surface area contributed by atoms with E-state index in [4.69, 9.17) is 4.84 Å². The first-order chi connectivity index (χ1) is 15.2. The van der Waals surface area contributed by atoms with Gasteiger partial charge in [0.15, 0.2) is 0 Å². The molecule has 1 unspecified atom stereocenters. The molecular weight excluding hydrogens is 410 g/mol. The minimum absolute atomic E-state index is 0.0792. The summed E-state index contributed by atoms with van der Waals surface area (Å²) in [5.74, 6) is -2.48. The predicted molar refractivity (Wildman–Crippen MR) is 116 cm³/mol. The van der Waals surface area contributed by atoms with Crippen molar-refractivity contribution in [1.29, 1.82) is 0 Å². The molecule has 1 aromatic carbocycles. The summed E-state index contributed by atoms with van der Waals surface area (Å²) in [5.41, 5.74) is 0.560. The van der Waals surface area contributed by atoms with E-state index in [0.717, 1.165) is 5.56 Å². The summed E-state index contributed by atoms with van der Waals surface area (Å²) in [6.07, 6.45) is 5.14. The number of fused-ring (bicyclic) bond motifs is 2. The molecule has 5 rings (SSSR count). The molecule has 9 heteroatoms. The van der Waals surface area contributed by atoms with Crippen molar-refractivity contribution in [2.75, 3.05) is 12.2 Å². The van der Waals surface area contributed by atoms with Gasteiger partial charge in [-0.2, -0.15) is 0 Å². The topological polar surface area (TPSA) is 111 Å². The predicted octanol–water partition coefficient (Wildman–Crippen LogP) is 1.66. The molecule has 0 aliphatic carbocycles. The lowest BCUT2D eigenvalue weighted by molar-refractivity contribution is -0.170. The number of aromatic amines is 1. The molecule has 4 heterocycles. The van der Waals surface area contributed by atoms with Gasteiger partial charge in [-0.1, -0.05) is 38.1 Å². The molecule has 9 nitrogen and oxygen atoms in total. The van der Waals surface area contributed by atoms with Gasteiger partial charge in [-0.3, -0.25) is 19.3 Å². The van der Waals surface area contributed by atoms with Crippen LogP contribution in [0.4, 0.5) is 5.69 Å². The molecule has 2 fully saturated rings. The van der Waals surface area contributed by atoms with E-state index in [2.05, 4.69) is 21.9 Å². The molecule has 3 N–H and O–H groups in total. The number of anilines is 1. The van der Waals surface area contributed by atoms with Gasteiger partial charge in [0.1, 0.15) is 11.8 Å². The lowest BCUT2D eigenvalue weighted by Crippen LogP contribution is -2.79. The molecule has 1 spiro atoms. The van der Waals surface area contributed by atoms with E-state index in [1.54, 1.807) is 23.4 Å². The molecular formula is C23H25N5O4. The highest BCUT2D eigenvalue weighted by atomic mass is 16.7. The summed E-state index contributed by atoms with van der Waals surface area (Å²) in [7, 11) is 1.50. The van der Waals surface area contributed by atoms with E-state index >= 15 is 0 Å². The number of para-hydroxylation sites is 1. The second-order valence-electron chi connectivity index (χ2n) is 8.88. The molecule has 3 aliphatic heterocycles. The number of hydrogen-bond acceptors (Lipinski definition) is 6. The summed E-state index contributed by atoms with van der Waals surface area (Å²) in [4.78, 5) is 41.1. The van der Waals surface area contributed by atoms with E-state index < -0.39 is 34.5 Å². The molecule has 0 radical (unpaired) electrons. The molecule has 32 heavy (non-hydrogen) atoms. The monoisotopic (exact) mass is 435 g/mol. The summed E-state index contributed by atoms with van der Waals surface area (Å²) < 4.78 is 0. The van der Waals surface area contributed by atoms with Gasteiger partial charge in [-0.15, -0.1) is 6.58 Å². The van der Waals surface area contributed by atoms with E-state index in [1.807, 2.05) is 38.1 Å². The van der Waals surface area contributed by atoms with Crippen LogP contribution in [0.2, 0.25) is 0 Å². The van der Waals surface area contributed by atoms with E-state index in [0.29, 0.717) is 11.4 Å². The van der Waals surface area contributed by atoms with Crippen LogP contribution in [-0.2, 0) is 19.8 Å². The first kappa shape index (κ1) is 20.5. The molecule has 2 saturated heterocycles. The largest absolute Gasteiger partial charge is 0.383 e. The van der Waals surface area contributed by atoms with Gasteiger partial charge in [0, 0.05) is 0 Å². The van der Waals surface area contributed by atoms with Crippen molar-refractivity contribution in [1.82, 2.24) is 20.2 Å². The van der Waals surface area contributed by atoms with Gasteiger partial charge in [0.05, 0.1) is 36.4 Å². The van der Waals surface area contributed by atoms with Crippen LogP contribution in [0.15, 0.2) is 55.1 Å². The molecule has 2 amide bonds. The number of H-pyrrole nitrogens is 1. The number of carbonyl (C=O) groups is 2. The summed E-state index contributed by atoms with van der Waals surface area (Å²) >= 11 is 0. The average Bonchev–Trinajstić information content (AvgIpc) is 3.44. The number of imidazole rings is 1. The Kier molecular flexibility index (Phi) is 4.18. The van der Waals surface area contributed by atoms with Crippen molar-refractivity contribution in [3.8, 4) is 0 Å². The first-order valence-electron chi connectivity index (χ1n) is 10.4. The van der Waals surface area contributed by atoms with Crippen molar-refractivity contribution in [2.24, 2.45) is 5.41 Å². The Labute approximate surface area is 185 Å². The molecule has 0 saturated carbocycles. The number of piperidine rings is 1. The minimum atomic E-state index is -1.44.